The van der Waals surface area contributed by atoms with Crippen molar-refractivity contribution in [2.75, 3.05) is 11.9 Å². The zero-order valence-electron chi connectivity index (χ0n) is 14.5. The van der Waals surface area contributed by atoms with Crippen molar-refractivity contribution >= 4 is 44.5 Å². The van der Waals surface area contributed by atoms with Crippen LogP contribution in [0.15, 0.2) is 53.3 Å². The van der Waals surface area contributed by atoms with Crippen molar-refractivity contribution in [3.63, 3.8) is 0 Å². The van der Waals surface area contributed by atoms with E-state index in [-0.39, 0.29) is 18.4 Å². The first-order valence-corrected chi connectivity index (χ1v) is 9.54. The number of amides is 2. The van der Waals surface area contributed by atoms with E-state index in [4.69, 9.17) is 0 Å². The summed E-state index contributed by atoms with van der Waals surface area (Å²) in [5, 5.41) is 8.10. The van der Waals surface area contributed by atoms with Crippen LogP contribution in [0.3, 0.4) is 0 Å². The van der Waals surface area contributed by atoms with Crippen LogP contribution >= 0.6 is 15.9 Å². The summed E-state index contributed by atoms with van der Waals surface area (Å²) in [6.45, 7) is 0.689. The summed E-state index contributed by atoms with van der Waals surface area (Å²) in [5.41, 5.74) is 0.907. The van der Waals surface area contributed by atoms with Crippen LogP contribution in [0.4, 0.5) is 5.82 Å². The molecule has 0 bridgehead atoms. The Kier molecular flexibility index (Phi) is 4.89. The molecule has 0 spiro atoms. The molecule has 0 unspecified atom stereocenters. The minimum absolute atomic E-state index is 0.108. The van der Waals surface area contributed by atoms with Gasteiger partial charge in [0, 0.05) is 11.9 Å². The maximum atomic E-state index is 12.8. The third-order valence-electron chi connectivity index (χ3n) is 4.68. The van der Waals surface area contributed by atoms with Crippen molar-refractivity contribution in [1.29, 1.82) is 0 Å². The van der Waals surface area contributed by atoms with Crippen LogP contribution in [-0.4, -0.2) is 44.1 Å². The Labute approximate surface area is 164 Å². The minimum atomic E-state index is -0.486. The number of anilines is 1. The number of benzene rings is 1. The summed E-state index contributed by atoms with van der Waals surface area (Å²) in [6.07, 6.45) is 3.19. The number of nitrogens with one attached hydrogen (secondary N) is 1. The SMILES string of the molecule is O=C(Nc1cccc(Br)n1)[C@@H]1CCCN1C(=O)Cn1ncc2ccccc21. The van der Waals surface area contributed by atoms with Gasteiger partial charge in [-0.15, -0.1) is 0 Å². The second kappa shape index (κ2) is 7.48. The smallest absolute Gasteiger partial charge is 0.248 e. The van der Waals surface area contributed by atoms with Crippen molar-refractivity contribution in [3.05, 3.63) is 53.3 Å². The highest BCUT2D eigenvalue weighted by atomic mass is 79.9. The lowest BCUT2D eigenvalue weighted by atomic mass is 10.2. The van der Waals surface area contributed by atoms with Gasteiger partial charge in [-0.1, -0.05) is 24.3 Å². The van der Waals surface area contributed by atoms with E-state index < -0.39 is 6.04 Å². The number of aromatic nitrogens is 3. The Morgan fingerprint density at radius 3 is 2.89 bits per heavy atom. The molecule has 3 heterocycles. The van der Waals surface area contributed by atoms with Gasteiger partial charge in [-0.05, 0) is 47.0 Å². The second-order valence-corrected chi connectivity index (χ2v) is 7.25. The monoisotopic (exact) mass is 427 g/mol. The van der Waals surface area contributed by atoms with Crippen LogP contribution in [0.2, 0.25) is 0 Å². The lowest BCUT2D eigenvalue weighted by Gasteiger charge is -2.24. The molecule has 3 aromatic rings. The summed E-state index contributed by atoms with van der Waals surface area (Å²) in [5.74, 6) is 0.146. The number of pyridine rings is 1. The van der Waals surface area contributed by atoms with Gasteiger partial charge < -0.3 is 10.2 Å². The molecule has 1 atom stereocenters. The van der Waals surface area contributed by atoms with Crippen molar-refractivity contribution in [3.8, 4) is 0 Å². The van der Waals surface area contributed by atoms with E-state index >= 15 is 0 Å². The van der Waals surface area contributed by atoms with Crippen LogP contribution in [0, 0.1) is 0 Å². The fourth-order valence-corrected chi connectivity index (χ4v) is 3.74. The third kappa shape index (κ3) is 3.71. The molecule has 8 heteroatoms. The summed E-state index contributed by atoms with van der Waals surface area (Å²) < 4.78 is 2.33. The average molecular weight is 428 g/mol. The molecule has 2 aromatic heterocycles. The quantitative estimate of drug-likeness (QED) is 0.649. The zero-order valence-corrected chi connectivity index (χ0v) is 16.1. The van der Waals surface area contributed by atoms with Gasteiger partial charge in [0.25, 0.3) is 0 Å². The number of carbonyl (C=O) groups is 2. The zero-order chi connectivity index (χ0) is 18.8. The Morgan fingerprint density at radius 1 is 1.19 bits per heavy atom. The molecule has 0 radical (unpaired) electrons. The van der Waals surface area contributed by atoms with Crippen LogP contribution in [0.5, 0.6) is 0 Å². The third-order valence-corrected chi connectivity index (χ3v) is 5.12. The van der Waals surface area contributed by atoms with E-state index in [0.717, 1.165) is 17.3 Å². The Hall–Kier alpha value is -2.74. The van der Waals surface area contributed by atoms with Gasteiger partial charge in [-0.2, -0.15) is 5.10 Å². The van der Waals surface area contributed by atoms with E-state index in [1.54, 1.807) is 34.0 Å². The molecule has 1 N–H and O–H groups in total. The topological polar surface area (TPSA) is 80.1 Å². The summed E-state index contributed by atoms with van der Waals surface area (Å²) in [6, 6.07) is 12.6. The molecule has 0 aliphatic carbocycles. The number of para-hydroxylation sites is 1. The molecule has 7 nitrogen and oxygen atoms in total. The molecule has 1 aliphatic heterocycles. The fourth-order valence-electron chi connectivity index (χ4n) is 3.40. The van der Waals surface area contributed by atoms with Crippen LogP contribution in [0.25, 0.3) is 10.9 Å². The summed E-state index contributed by atoms with van der Waals surface area (Å²) >= 11 is 3.29. The number of rotatable bonds is 4. The number of nitrogens with zero attached hydrogens (tertiary/aromatic N) is 4. The molecule has 138 valence electrons. The van der Waals surface area contributed by atoms with E-state index in [1.165, 1.54) is 0 Å². The fraction of sp³-hybridized carbons (Fsp3) is 0.263. The molecule has 1 saturated heterocycles. The number of carbonyl (C=O) groups excluding carboxylic acids is 2. The van der Waals surface area contributed by atoms with E-state index in [0.29, 0.717) is 23.4 Å². The molecular weight excluding hydrogens is 410 g/mol. The predicted molar refractivity (Wildman–Crippen MR) is 105 cm³/mol. The molecule has 1 aliphatic rings. The Morgan fingerprint density at radius 2 is 2.04 bits per heavy atom. The van der Waals surface area contributed by atoms with Crippen molar-refractivity contribution in [1.82, 2.24) is 19.7 Å². The molecule has 2 amide bonds. The lowest BCUT2D eigenvalue weighted by molar-refractivity contribution is -0.137. The number of halogens is 1. The minimum Gasteiger partial charge on any atom is -0.329 e. The Balaban J connectivity index is 1.47. The van der Waals surface area contributed by atoms with Gasteiger partial charge in [-0.25, -0.2) is 4.98 Å². The van der Waals surface area contributed by atoms with Gasteiger partial charge in [-0.3, -0.25) is 14.3 Å². The normalized spacial score (nSPS) is 16.6. The van der Waals surface area contributed by atoms with Gasteiger partial charge in [0.1, 0.15) is 23.0 Å². The van der Waals surface area contributed by atoms with Gasteiger partial charge in [0.2, 0.25) is 11.8 Å². The molecule has 4 rings (SSSR count). The summed E-state index contributed by atoms with van der Waals surface area (Å²) in [4.78, 5) is 31.4. The lowest BCUT2D eigenvalue weighted by Crippen LogP contribution is -2.44. The Bertz CT molecular complexity index is 1000. The first kappa shape index (κ1) is 17.7. The number of fused-ring (bicyclic) bond motifs is 1. The average Bonchev–Trinajstić information content (AvgIpc) is 3.29. The van der Waals surface area contributed by atoms with Gasteiger partial charge in [0.05, 0.1) is 11.7 Å². The van der Waals surface area contributed by atoms with E-state index in [1.807, 2.05) is 24.3 Å². The highest BCUT2D eigenvalue weighted by Crippen LogP contribution is 2.21. The molecule has 27 heavy (non-hydrogen) atoms. The maximum absolute atomic E-state index is 12.8. The first-order chi connectivity index (χ1) is 13.1. The second-order valence-electron chi connectivity index (χ2n) is 6.44. The first-order valence-electron chi connectivity index (χ1n) is 8.75. The maximum Gasteiger partial charge on any atom is 0.248 e. The number of hydrogen-bond donors (Lipinski definition) is 1. The molecule has 1 aromatic carbocycles. The largest absolute Gasteiger partial charge is 0.329 e. The standard InChI is InChI=1S/C19H18BrN5O2/c20-16-8-3-9-17(22-16)23-19(27)15-7-4-10-24(15)18(26)12-25-14-6-2-1-5-13(14)11-21-25/h1-3,5-6,8-9,11,15H,4,7,10,12H2,(H,22,23,27)/t15-/m0/s1. The number of hydrogen-bond acceptors (Lipinski definition) is 4. The molecule has 1 fully saturated rings. The molecule has 0 saturated carbocycles. The van der Waals surface area contributed by atoms with Crippen LogP contribution < -0.4 is 5.32 Å². The highest BCUT2D eigenvalue weighted by molar-refractivity contribution is 9.10. The van der Waals surface area contributed by atoms with E-state index in [2.05, 4.69) is 31.3 Å². The summed E-state index contributed by atoms with van der Waals surface area (Å²) in [7, 11) is 0. The van der Waals surface area contributed by atoms with E-state index in [9.17, 15) is 9.59 Å². The van der Waals surface area contributed by atoms with Crippen LogP contribution in [-0.2, 0) is 16.1 Å². The molecular formula is C19H18BrN5O2. The van der Waals surface area contributed by atoms with Crippen molar-refractivity contribution in [2.24, 2.45) is 0 Å². The predicted octanol–water partition coefficient (Wildman–Crippen LogP) is 2.82. The highest BCUT2D eigenvalue weighted by Gasteiger charge is 2.34. The van der Waals surface area contributed by atoms with Gasteiger partial charge >= 0.3 is 0 Å². The number of likely N-dealkylation sites (tertiary alicyclic amines) is 1. The van der Waals surface area contributed by atoms with Crippen molar-refractivity contribution < 1.29 is 9.59 Å². The van der Waals surface area contributed by atoms with Crippen molar-refractivity contribution in [2.45, 2.75) is 25.4 Å². The van der Waals surface area contributed by atoms with Crippen LogP contribution in [0.1, 0.15) is 12.8 Å². The van der Waals surface area contributed by atoms with Gasteiger partial charge in [0.15, 0.2) is 0 Å².